The fourth-order valence-corrected chi connectivity index (χ4v) is 2.28. The van der Waals surface area contributed by atoms with Crippen LogP contribution in [-0.4, -0.2) is 15.0 Å². The van der Waals surface area contributed by atoms with Crippen molar-refractivity contribution in [3.63, 3.8) is 0 Å². The van der Waals surface area contributed by atoms with Crippen LogP contribution >= 0.6 is 11.6 Å². The van der Waals surface area contributed by atoms with Gasteiger partial charge in [0.1, 0.15) is 18.2 Å². The summed E-state index contributed by atoms with van der Waals surface area (Å²) < 4.78 is 18.7. The summed E-state index contributed by atoms with van der Waals surface area (Å²) in [6, 6.07) is 11.8. The van der Waals surface area contributed by atoms with Crippen molar-refractivity contribution < 1.29 is 9.13 Å². The minimum Gasteiger partial charge on any atom is -0.486 e. The summed E-state index contributed by atoms with van der Waals surface area (Å²) >= 11 is 5.72. The minimum atomic E-state index is -0.511. The molecule has 0 fully saturated rings. The number of nitrogen functional groups attached to an aromatic ring is 1. The van der Waals surface area contributed by atoms with Gasteiger partial charge in [-0.25, -0.2) is 4.39 Å². The van der Waals surface area contributed by atoms with Crippen LogP contribution in [0.5, 0.6) is 5.75 Å². The number of ether oxygens (including phenoxy) is 1. The molecule has 3 aromatic rings. The van der Waals surface area contributed by atoms with Crippen LogP contribution in [0.15, 0.2) is 42.5 Å². The fourth-order valence-electron chi connectivity index (χ4n) is 2.11. The smallest absolute Gasteiger partial charge is 0.232 e. The zero-order valence-electron chi connectivity index (χ0n) is 13.3. The van der Waals surface area contributed by atoms with Gasteiger partial charge in [0.05, 0.1) is 5.02 Å². The first-order chi connectivity index (χ1) is 12.0. The molecule has 128 valence electrons. The lowest BCUT2D eigenvalue weighted by Crippen LogP contribution is -2.09. The van der Waals surface area contributed by atoms with Gasteiger partial charge in [-0.05, 0) is 30.7 Å². The molecule has 1 heterocycles. The maximum atomic E-state index is 13.2. The summed E-state index contributed by atoms with van der Waals surface area (Å²) in [5.41, 5.74) is 7.64. The van der Waals surface area contributed by atoms with Gasteiger partial charge in [-0.2, -0.15) is 15.0 Å². The van der Waals surface area contributed by atoms with E-state index in [-0.39, 0.29) is 17.6 Å². The second-order valence-electron chi connectivity index (χ2n) is 5.24. The highest BCUT2D eigenvalue weighted by atomic mass is 35.5. The maximum absolute atomic E-state index is 13.2. The molecular weight excluding hydrogens is 345 g/mol. The molecule has 1 aromatic heterocycles. The first-order valence-corrected chi connectivity index (χ1v) is 7.80. The van der Waals surface area contributed by atoms with Gasteiger partial charge in [-0.1, -0.05) is 29.8 Å². The molecule has 3 rings (SSSR count). The van der Waals surface area contributed by atoms with Gasteiger partial charge in [0.15, 0.2) is 5.82 Å². The molecule has 0 atom stereocenters. The standard InChI is InChI=1S/C17H15ClFN5O/c1-10-4-2-3-5-14(10)21-17-23-15(22-16(20)24-17)9-25-11-6-7-13(19)12(18)8-11/h2-8H,9H2,1H3,(H3,20,21,22,23,24). The Morgan fingerprint density at radius 1 is 1.16 bits per heavy atom. The Kier molecular flexibility index (Phi) is 4.95. The Bertz CT molecular complexity index is 906. The van der Waals surface area contributed by atoms with E-state index in [4.69, 9.17) is 22.1 Å². The van der Waals surface area contributed by atoms with E-state index in [1.807, 2.05) is 31.2 Å². The van der Waals surface area contributed by atoms with E-state index in [9.17, 15) is 4.39 Å². The Hall–Kier alpha value is -2.93. The highest BCUT2D eigenvalue weighted by Gasteiger charge is 2.08. The molecule has 0 aliphatic heterocycles. The molecule has 6 nitrogen and oxygen atoms in total. The number of halogens is 2. The molecule has 0 saturated carbocycles. The number of nitrogens with one attached hydrogen (secondary N) is 1. The van der Waals surface area contributed by atoms with Gasteiger partial charge in [0.25, 0.3) is 0 Å². The second kappa shape index (κ2) is 7.31. The predicted octanol–water partition coefficient (Wildman–Crippen LogP) is 3.88. The van der Waals surface area contributed by atoms with Crippen molar-refractivity contribution in [2.75, 3.05) is 11.1 Å². The van der Waals surface area contributed by atoms with Gasteiger partial charge in [0, 0.05) is 11.8 Å². The zero-order chi connectivity index (χ0) is 17.8. The molecular formula is C17H15ClFN5O. The summed E-state index contributed by atoms with van der Waals surface area (Å²) in [4.78, 5) is 12.4. The van der Waals surface area contributed by atoms with Crippen LogP contribution in [0.3, 0.4) is 0 Å². The van der Waals surface area contributed by atoms with E-state index in [0.717, 1.165) is 11.3 Å². The molecule has 0 unspecified atom stereocenters. The number of anilines is 3. The van der Waals surface area contributed by atoms with Crippen molar-refractivity contribution in [1.82, 2.24) is 15.0 Å². The van der Waals surface area contributed by atoms with Crippen LogP contribution in [0.2, 0.25) is 5.02 Å². The topological polar surface area (TPSA) is 86.0 Å². The van der Waals surface area contributed by atoms with Gasteiger partial charge >= 0.3 is 0 Å². The van der Waals surface area contributed by atoms with Gasteiger partial charge in [-0.3, -0.25) is 0 Å². The molecule has 0 bridgehead atoms. The van der Waals surface area contributed by atoms with Crippen molar-refractivity contribution in [1.29, 1.82) is 0 Å². The lowest BCUT2D eigenvalue weighted by atomic mass is 10.2. The number of rotatable bonds is 5. The zero-order valence-corrected chi connectivity index (χ0v) is 14.1. The number of nitrogens with zero attached hydrogens (tertiary/aromatic N) is 3. The molecule has 0 aliphatic carbocycles. The quantitative estimate of drug-likeness (QED) is 0.719. The third-order valence-electron chi connectivity index (χ3n) is 3.35. The predicted molar refractivity (Wildman–Crippen MR) is 94.4 cm³/mol. The number of nitrogens with two attached hydrogens (primary N) is 1. The monoisotopic (exact) mass is 359 g/mol. The summed E-state index contributed by atoms with van der Waals surface area (Å²) in [5.74, 6) is 0.616. The lowest BCUT2D eigenvalue weighted by molar-refractivity contribution is 0.295. The van der Waals surface area contributed by atoms with E-state index in [2.05, 4.69) is 20.3 Å². The summed E-state index contributed by atoms with van der Waals surface area (Å²) in [6.07, 6.45) is 0. The molecule has 8 heteroatoms. The molecule has 3 N–H and O–H groups in total. The van der Waals surface area contributed by atoms with Crippen LogP contribution < -0.4 is 15.8 Å². The molecule has 0 aliphatic rings. The number of hydrogen-bond acceptors (Lipinski definition) is 6. The van der Waals surface area contributed by atoms with Crippen molar-refractivity contribution >= 4 is 29.2 Å². The Morgan fingerprint density at radius 3 is 2.72 bits per heavy atom. The third-order valence-corrected chi connectivity index (χ3v) is 3.64. The molecule has 2 aromatic carbocycles. The van der Waals surface area contributed by atoms with Crippen LogP contribution in [-0.2, 0) is 6.61 Å². The highest BCUT2D eigenvalue weighted by molar-refractivity contribution is 6.30. The van der Waals surface area contributed by atoms with Crippen LogP contribution in [0.4, 0.5) is 22.0 Å². The van der Waals surface area contributed by atoms with E-state index in [1.165, 1.54) is 18.2 Å². The summed E-state index contributed by atoms with van der Waals surface area (Å²) in [6.45, 7) is 2.01. The Morgan fingerprint density at radius 2 is 1.96 bits per heavy atom. The van der Waals surface area contributed by atoms with Crippen molar-refractivity contribution in [2.45, 2.75) is 13.5 Å². The number of aryl methyl sites for hydroxylation is 1. The number of hydrogen-bond donors (Lipinski definition) is 2. The average molecular weight is 360 g/mol. The fraction of sp³-hybridized carbons (Fsp3) is 0.118. The van der Waals surface area contributed by atoms with E-state index in [0.29, 0.717) is 17.5 Å². The minimum absolute atomic E-state index is 0.0189. The average Bonchev–Trinajstić information content (AvgIpc) is 2.58. The third kappa shape index (κ3) is 4.33. The molecule has 0 radical (unpaired) electrons. The second-order valence-corrected chi connectivity index (χ2v) is 5.65. The van der Waals surface area contributed by atoms with Gasteiger partial charge < -0.3 is 15.8 Å². The number of benzene rings is 2. The largest absolute Gasteiger partial charge is 0.486 e. The highest BCUT2D eigenvalue weighted by Crippen LogP contribution is 2.22. The van der Waals surface area contributed by atoms with E-state index in [1.54, 1.807) is 0 Å². The first kappa shape index (κ1) is 16.9. The van der Waals surface area contributed by atoms with Crippen LogP contribution in [0.1, 0.15) is 11.4 Å². The van der Waals surface area contributed by atoms with Crippen molar-refractivity contribution in [2.24, 2.45) is 0 Å². The van der Waals surface area contributed by atoms with E-state index < -0.39 is 5.82 Å². The van der Waals surface area contributed by atoms with Crippen molar-refractivity contribution in [3.8, 4) is 5.75 Å². The molecule has 25 heavy (non-hydrogen) atoms. The van der Waals surface area contributed by atoms with E-state index >= 15 is 0 Å². The Balaban J connectivity index is 1.75. The molecule has 0 spiro atoms. The Labute approximate surface area is 148 Å². The normalized spacial score (nSPS) is 10.5. The molecule has 0 saturated heterocycles. The summed E-state index contributed by atoms with van der Waals surface area (Å²) in [7, 11) is 0. The van der Waals surface area contributed by atoms with Gasteiger partial charge in [0.2, 0.25) is 11.9 Å². The number of aromatic nitrogens is 3. The van der Waals surface area contributed by atoms with Gasteiger partial charge in [-0.15, -0.1) is 0 Å². The van der Waals surface area contributed by atoms with Crippen LogP contribution in [0.25, 0.3) is 0 Å². The van der Waals surface area contributed by atoms with Crippen LogP contribution in [0, 0.1) is 12.7 Å². The summed E-state index contributed by atoms with van der Waals surface area (Å²) in [5, 5.41) is 3.08. The number of para-hydroxylation sites is 1. The maximum Gasteiger partial charge on any atom is 0.232 e. The first-order valence-electron chi connectivity index (χ1n) is 7.42. The van der Waals surface area contributed by atoms with Crippen molar-refractivity contribution in [3.05, 3.63) is 64.7 Å². The SMILES string of the molecule is Cc1ccccc1Nc1nc(N)nc(COc2ccc(F)c(Cl)c2)n1. The molecule has 0 amide bonds. The lowest BCUT2D eigenvalue weighted by Gasteiger charge is -2.10.